The standard InChI is InChI=1S/C12H13BrO4/c1-2-16-12(15)8-17-10-5-3-9(4-6-10)11(14)7-13/h3-6H,2,7-8H2,1H3. The number of Topliss-reactive ketones (excluding diaryl/α,β-unsaturated/α-hetero) is 1. The van der Waals surface area contributed by atoms with Gasteiger partial charge in [-0.1, -0.05) is 15.9 Å². The Morgan fingerprint density at radius 2 is 1.88 bits per heavy atom. The fraction of sp³-hybridized carbons (Fsp3) is 0.333. The first-order valence-corrected chi connectivity index (χ1v) is 6.27. The molecule has 0 amide bonds. The van der Waals surface area contributed by atoms with Crippen LogP contribution in [-0.4, -0.2) is 30.3 Å². The van der Waals surface area contributed by atoms with E-state index in [1.807, 2.05) is 0 Å². The molecular weight excluding hydrogens is 288 g/mol. The van der Waals surface area contributed by atoms with E-state index in [-0.39, 0.29) is 17.7 Å². The zero-order valence-electron chi connectivity index (χ0n) is 9.44. The molecule has 0 unspecified atom stereocenters. The van der Waals surface area contributed by atoms with Crippen LogP contribution in [0.3, 0.4) is 0 Å². The van der Waals surface area contributed by atoms with Gasteiger partial charge in [0, 0.05) is 5.56 Å². The summed E-state index contributed by atoms with van der Waals surface area (Å²) in [5.41, 5.74) is 0.602. The second-order valence-electron chi connectivity index (χ2n) is 3.17. The molecule has 92 valence electrons. The van der Waals surface area contributed by atoms with Gasteiger partial charge in [-0.05, 0) is 31.2 Å². The Hall–Kier alpha value is -1.36. The molecule has 0 N–H and O–H groups in total. The maximum absolute atomic E-state index is 11.3. The molecule has 0 aliphatic heterocycles. The molecule has 4 nitrogen and oxygen atoms in total. The van der Waals surface area contributed by atoms with Gasteiger partial charge in [0.1, 0.15) is 5.75 Å². The summed E-state index contributed by atoms with van der Waals surface area (Å²) in [6.45, 7) is 1.94. The van der Waals surface area contributed by atoms with Gasteiger partial charge < -0.3 is 9.47 Å². The Bertz CT molecular complexity index is 386. The van der Waals surface area contributed by atoms with Crippen molar-refractivity contribution < 1.29 is 19.1 Å². The van der Waals surface area contributed by atoms with Gasteiger partial charge in [0.15, 0.2) is 12.4 Å². The average molecular weight is 301 g/mol. The van der Waals surface area contributed by atoms with Crippen LogP contribution in [0.5, 0.6) is 5.75 Å². The minimum atomic E-state index is -0.409. The fourth-order valence-corrected chi connectivity index (χ4v) is 1.48. The van der Waals surface area contributed by atoms with Gasteiger partial charge in [0.2, 0.25) is 0 Å². The molecule has 0 radical (unpaired) electrons. The number of hydrogen-bond donors (Lipinski definition) is 0. The van der Waals surface area contributed by atoms with E-state index >= 15 is 0 Å². The minimum Gasteiger partial charge on any atom is -0.482 e. The van der Waals surface area contributed by atoms with Crippen molar-refractivity contribution in [1.29, 1.82) is 0 Å². The lowest BCUT2D eigenvalue weighted by atomic mass is 10.1. The van der Waals surface area contributed by atoms with Gasteiger partial charge >= 0.3 is 5.97 Å². The molecule has 0 spiro atoms. The predicted octanol–water partition coefficient (Wildman–Crippen LogP) is 2.21. The predicted molar refractivity (Wildman–Crippen MR) is 66.7 cm³/mol. The lowest BCUT2D eigenvalue weighted by molar-refractivity contribution is -0.145. The molecule has 5 heteroatoms. The average Bonchev–Trinajstić information content (AvgIpc) is 2.36. The summed E-state index contributed by atoms with van der Waals surface area (Å²) in [4.78, 5) is 22.3. The highest BCUT2D eigenvalue weighted by molar-refractivity contribution is 9.09. The lowest BCUT2D eigenvalue weighted by Crippen LogP contribution is -2.14. The van der Waals surface area contributed by atoms with Crippen molar-refractivity contribution in [2.75, 3.05) is 18.5 Å². The number of alkyl halides is 1. The van der Waals surface area contributed by atoms with Crippen molar-refractivity contribution in [2.45, 2.75) is 6.92 Å². The zero-order chi connectivity index (χ0) is 12.7. The second-order valence-corrected chi connectivity index (χ2v) is 3.74. The van der Waals surface area contributed by atoms with Crippen LogP contribution in [-0.2, 0) is 9.53 Å². The number of ether oxygens (including phenoxy) is 2. The van der Waals surface area contributed by atoms with E-state index in [1.165, 1.54) is 0 Å². The quantitative estimate of drug-likeness (QED) is 0.459. The highest BCUT2D eigenvalue weighted by Crippen LogP contribution is 2.13. The summed E-state index contributed by atoms with van der Waals surface area (Å²) < 4.78 is 9.91. The summed E-state index contributed by atoms with van der Waals surface area (Å²) in [6.07, 6.45) is 0. The van der Waals surface area contributed by atoms with Gasteiger partial charge in [-0.15, -0.1) is 0 Å². The highest BCUT2D eigenvalue weighted by atomic mass is 79.9. The fourth-order valence-electron chi connectivity index (χ4n) is 1.16. The molecule has 0 aromatic heterocycles. The number of esters is 1. The summed E-state index contributed by atoms with van der Waals surface area (Å²) >= 11 is 3.10. The third-order valence-electron chi connectivity index (χ3n) is 1.96. The van der Waals surface area contributed by atoms with E-state index in [1.54, 1.807) is 31.2 Å². The van der Waals surface area contributed by atoms with Crippen molar-refractivity contribution >= 4 is 27.7 Å². The molecule has 0 aliphatic carbocycles. The van der Waals surface area contributed by atoms with Crippen LogP contribution < -0.4 is 4.74 Å². The normalized spacial score (nSPS) is 9.76. The maximum Gasteiger partial charge on any atom is 0.344 e. The Labute approximate surface area is 108 Å². The van der Waals surface area contributed by atoms with Gasteiger partial charge in [0.25, 0.3) is 0 Å². The molecule has 1 aromatic rings. The summed E-state index contributed by atoms with van der Waals surface area (Å²) in [5.74, 6) is 0.124. The number of hydrogen-bond acceptors (Lipinski definition) is 4. The van der Waals surface area contributed by atoms with E-state index in [2.05, 4.69) is 15.9 Å². The minimum absolute atomic E-state index is 0.00180. The summed E-state index contributed by atoms with van der Waals surface area (Å²) in [7, 11) is 0. The molecule has 0 atom stereocenters. The SMILES string of the molecule is CCOC(=O)COc1ccc(C(=O)CBr)cc1. The highest BCUT2D eigenvalue weighted by Gasteiger charge is 2.05. The Balaban J connectivity index is 2.51. The zero-order valence-corrected chi connectivity index (χ0v) is 11.0. The Kier molecular flexibility index (Phi) is 5.69. The number of halogens is 1. The largest absolute Gasteiger partial charge is 0.482 e. The van der Waals surface area contributed by atoms with Crippen molar-refractivity contribution in [3.8, 4) is 5.75 Å². The second kappa shape index (κ2) is 7.06. The molecule has 0 fully saturated rings. The molecule has 0 saturated carbocycles. The smallest absolute Gasteiger partial charge is 0.344 e. The third-order valence-corrected chi connectivity index (χ3v) is 2.47. The Morgan fingerprint density at radius 1 is 1.24 bits per heavy atom. The van der Waals surface area contributed by atoms with Crippen molar-refractivity contribution in [1.82, 2.24) is 0 Å². The maximum atomic E-state index is 11.3. The molecule has 17 heavy (non-hydrogen) atoms. The number of carbonyl (C=O) groups excluding carboxylic acids is 2. The summed E-state index contributed by atoms with van der Waals surface area (Å²) in [5, 5.41) is 0.288. The summed E-state index contributed by atoms with van der Waals surface area (Å²) in [6, 6.07) is 6.61. The number of carbonyl (C=O) groups is 2. The number of rotatable bonds is 6. The Morgan fingerprint density at radius 3 is 2.41 bits per heavy atom. The van der Waals surface area contributed by atoms with E-state index in [0.717, 1.165) is 0 Å². The topological polar surface area (TPSA) is 52.6 Å². The van der Waals surface area contributed by atoms with Crippen LogP contribution >= 0.6 is 15.9 Å². The molecular formula is C12H13BrO4. The van der Waals surface area contributed by atoms with Gasteiger partial charge in [-0.3, -0.25) is 4.79 Å². The van der Waals surface area contributed by atoms with E-state index in [0.29, 0.717) is 17.9 Å². The van der Waals surface area contributed by atoms with E-state index in [4.69, 9.17) is 9.47 Å². The first-order chi connectivity index (χ1) is 8.17. The lowest BCUT2D eigenvalue weighted by Gasteiger charge is -2.06. The first kappa shape index (κ1) is 13.7. The van der Waals surface area contributed by atoms with Crippen molar-refractivity contribution in [3.63, 3.8) is 0 Å². The van der Waals surface area contributed by atoms with Crippen LogP contribution in [0.25, 0.3) is 0 Å². The molecule has 1 rings (SSSR count). The van der Waals surface area contributed by atoms with Gasteiger partial charge in [0.05, 0.1) is 11.9 Å². The van der Waals surface area contributed by atoms with Crippen LogP contribution in [0.15, 0.2) is 24.3 Å². The van der Waals surface area contributed by atoms with Crippen LogP contribution in [0.2, 0.25) is 0 Å². The van der Waals surface area contributed by atoms with Crippen LogP contribution in [0.4, 0.5) is 0 Å². The molecule has 0 saturated heterocycles. The number of benzene rings is 1. The molecule has 0 heterocycles. The van der Waals surface area contributed by atoms with Gasteiger partial charge in [-0.25, -0.2) is 4.79 Å². The van der Waals surface area contributed by atoms with Crippen LogP contribution in [0, 0.1) is 0 Å². The molecule has 0 aliphatic rings. The van der Waals surface area contributed by atoms with E-state index in [9.17, 15) is 9.59 Å². The van der Waals surface area contributed by atoms with Crippen molar-refractivity contribution in [3.05, 3.63) is 29.8 Å². The monoisotopic (exact) mass is 300 g/mol. The van der Waals surface area contributed by atoms with Crippen LogP contribution in [0.1, 0.15) is 17.3 Å². The molecule has 0 bridgehead atoms. The van der Waals surface area contributed by atoms with Crippen molar-refractivity contribution in [2.24, 2.45) is 0 Å². The van der Waals surface area contributed by atoms with Gasteiger partial charge in [-0.2, -0.15) is 0 Å². The first-order valence-electron chi connectivity index (χ1n) is 5.15. The molecule has 1 aromatic carbocycles. The number of ketones is 1. The van der Waals surface area contributed by atoms with E-state index < -0.39 is 5.97 Å². The third kappa shape index (κ3) is 4.56.